The average molecular weight is 365 g/mol. The van der Waals surface area contributed by atoms with Crippen molar-refractivity contribution in [1.29, 1.82) is 0 Å². The largest absolute Gasteiger partial charge is 0.394 e. The summed E-state index contributed by atoms with van der Waals surface area (Å²) >= 11 is 6.30. The van der Waals surface area contributed by atoms with Crippen molar-refractivity contribution in [3.8, 4) is 0 Å². The second kappa shape index (κ2) is 7.83. The molecule has 25 heavy (non-hydrogen) atoms. The third-order valence-electron chi connectivity index (χ3n) is 4.53. The molecule has 1 aliphatic heterocycles. The van der Waals surface area contributed by atoms with Crippen LogP contribution in [-0.2, 0) is 11.2 Å². The smallest absolute Gasteiger partial charge is 0.113 e. The lowest BCUT2D eigenvalue weighted by Gasteiger charge is -2.40. The van der Waals surface area contributed by atoms with E-state index in [-0.39, 0.29) is 0 Å². The van der Waals surface area contributed by atoms with Crippen LogP contribution in [0.25, 0.3) is 0 Å². The van der Waals surface area contributed by atoms with Crippen molar-refractivity contribution in [3.05, 3.63) is 70.2 Å². The molecule has 0 amide bonds. The first-order chi connectivity index (χ1) is 12.0. The Labute approximate surface area is 151 Å². The maximum absolute atomic E-state index is 10.3. The Balaban J connectivity index is 1.88. The molecule has 0 aliphatic carbocycles. The highest BCUT2D eigenvalue weighted by molar-refractivity contribution is 6.31. The topological polar surface area (TPSA) is 90.2 Å². The Morgan fingerprint density at radius 3 is 2.32 bits per heavy atom. The van der Waals surface area contributed by atoms with Crippen molar-refractivity contribution >= 4 is 11.6 Å². The van der Waals surface area contributed by atoms with Gasteiger partial charge in [0.2, 0.25) is 0 Å². The second-order valence-electron chi connectivity index (χ2n) is 6.26. The number of halogens is 1. The van der Waals surface area contributed by atoms with Gasteiger partial charge in [-0.05, 0) is 29.2 Å². The third-order valence-corrected chi connectivity index (χ3v) is 4.90. The fourth-order valence-corrected chi connectivity index (χ4v) is 3.28. The molecule has 1 heterocycles. The SMILES string of the molecule is OC[C@H]1O[C@@H](c2ccc(Cl)c(Cc3ccccc3)c2)[C@H](O)[C@@H](O)[C@@H]1O. The van der Waals surface area contributed by atoms with E-state index < -0.39 is 37.1 Å². The minimum absolute atomic E-state index is 0.452. The van der Waals surface area contributed by atoms with Crippen LogP contribution in [0.15, 0.2) is 48.5 Å². The van der Waals surface area contributed by atoms with Crippen molar-refractivity contribution in [3.63, 3.8) is 0 Å². The number of benzene rings is 2. The van der Waals surface area contributed by atoms with Crippen LogP contribution in [-0.4, -0.2) is 51.4 Å². The molecule has 1 saturated heterocycles. The first-order valence-electron chi connectivity index (χ1n) is 8.14. The molecule has 0 bridgehead atoms. The van der Waals surface area contributed by atoms with E-state index in [9.17, 15) is 20.4 Å². The average Bonchev–Trinajstić information content (AvgIpc) is 2.63. The van der Waals surface area contributed by atoms with Gasteiger partial charge in [-0.1, -0.05) is 54.1 Å². The van der Waals surface area contributed by atoms with Crippen LogP contribution in [0.1, 0.15) is 22.8 Å². The Kier molecular flexibility index (Phi) is 5.74. The van der Waals surface area contributed by atoms with Crippen molar-refractivity contribution in [2.45, 2.75) is 36.9 Å². The quantitative estimate of drug-likeness (QED) is 0.659. The summed E-state index contributed by atoms with van der Waals surface area (Å²) in [5, 5.41) is 40.1. The van der Waals surface area contributed by atoms with E-state index in [1.165, 1.54) is 0 Å². The van der Waals surface area contributed by atoms with Gasteiger partial charge in [-0.15, -0.1) is 0 Å². The lowest BCUT2D eigenvalue weighted by atomic mass is 9.90. The van der Waals surface area contributed by atoms with E-state index in [0.29, 0.717) is 17.0 Å². The summed E-state index contributed by atoms with van der Waals surface area (Å²) in [6, 6.07) is 15.1. The van der Waals surface area contributed by atoms with Gasteiger partial charge in [0.15, 0.2) is 0 Å². The minimum Gasteiger partial charge on any atom is -0.394 e. The summed E-state index contributed by atoms with van der Waals surface area (Å²) in [5.74, 6) is 0. The van der Waals surface area contributed by atoms with Gasteiger partial charge < -0.3 is 25.2 Å². The van der Waals surface area contributed by atoms with Crippen LogP contribution in [0, 0.1) is 0 Å². The van der Waals surface area contributed by atoms with E-state index in [0.717, 1.165) is 11.1 Å². The number of rotatable bonds is 4. The molecule has 0 aromatic heterocycles. The predicted octanol–water partition coefficient (Wildman–Crippen LogP) is 1.45. The number of aliphatic hydroxyl groups is 4. The summed E-state index contributed by atoms with van der Waals surface area (Å²) in [6.07, 6.45) is -5.25. The van der Waals surface area contributed by atoms with Gasteiger partial charge in [-0.2, -0.15) is 0 Å². The van der Waals surface area contributed by atoms with Crippen LogP contribution >= 0.6 is 11.6 Å². The predicted molar refractivity (Wildman–Crippen MR) is 93.4 cm³/mol. The Morgan fingerprint density at radius 2 is 1.64 bits per heavy atom. The van der Waals surface area contributed by atoms with Crippen molar-refractivity contribution in [2.75, 3.05) is 6.61 Å². The normalized spacial score (nSPS) is 29.6. The maximum atomic E-state index is 10.3. The van der Waals surface area contributed by atoms with Gasteiger partial charge in [0, 0.05) is 5.02 Å². The number of hydrogen-bond acceptors (Lipinski definition) is 5. The third kappa shape index (κ3) is 3.87. The van der Waals surface area contributed by atoms with Gasteiger partial charge in [0.25, 0.3) is 0 Å². The lowest BCUT2D eigenvalue weighted by molar-refractivity contribution is -0.231. The maximum Gasteiger partial charge on any atom is 0.113 e. The zero-order valence-electron chi connectivity index (χ0n) is 13.5. The second-order valence-corrected chi connectivity index (χ2v) is 6.67. The molecule has 3 rings (SSSR count). The highest BCUT2D eigenvalue weighted by Crippen LogP contribution is 2.34. The number of ether oxygens (including phenoxy) is 1. The monoisotopic (exact) mass is 364 g/mol. The molecule has 2 aromatic rings. The van der Waals surface area contributed by atoms with Crippen LogP contribution < -0.4 is 0 Å². The Bertz CT molecular complexity index is 706. The van der Waals surface area contributed by atoms with Crippen LogP contribution in [0.3, 0.4) is 0 Å². The Morgan fingerprint density at radius 1 is 0.920 bits per heavy atom. The zero-order valence-corrected chi connectivity index (χ0v) is 14.3. The molecule has 5 nitrogen and oxygen atoms in total. The molecular formula is C19H21ClO5. The molecule has 0 spiro atoms. The molecule has 0 saturated carbocycles. The van der Waals surface area contributed by atoms with Gasteiger partial charge in [0.1, 0.15) is 30.5 Å². The van der Waals surface area contributed by atoms with Crippen molar-refractivity contribution in [2.24, 2.45) is 0 Å². The summed E-state index contributed by atoms with van der Waals surface area (Å²) in [7, 11) is 0. The molecule has 4 N–H and O–H groups in total. The molecule has 1 aliphatic rings. The summed E-state index contributed by atoms with van der Waals surface area (Å²) < 4.78 is 5.61. The first kappa shape index (κ1) is 18.3. The molecule has 0 unspecified atom stereocenters. The molecule has 0 radical (unpaired) electrons. The minimum atomic E-state index is -1.40. The van der Waals surface area contributed by atoms with Crippen LogP contribution in [0.2, 0.25) is 5.02 Å². The van der Waals surface area contributed by atoms with Crippen LogP contribution in [0.4, 0.5) is 0 Å². The van der Waals surface area contributed by atoms with Gasteiger partial charge in [0.05, 0.1) is 6.61 Å². The van der Waals surface area contributed by atoms with E-state index >= 15 is 0 Å². The number of aliphatic hydroxyl groups excluding tert-OH is 4. The van der Waals surface area contributed by atoms with Gasteiger partial charge in [-0.25, -0.2) is 0 Å². The van der Waals surface area contributed by atoms with Crippen molar-refractivity contribution in [1.82, 2.24) is 0 Å². The summed E-state index contributed by atoms with van der Waals surface area (Å²) in [5.41, 5.74) is 2.59. The molecular weight excluding hydrogens is 344 g/mol. The lowest BCUT2D eigenvalue weighted by Crippen LogP contribution is -2.55. The summed E-state index contributed by atoms with van der Waals surface area (Å²) in [4.78, 5) is 0. The van der Waals surface area contributed by atoms with E-state index in [1.54, 1.807) is 12.1 Å². The molecule has 2 aromatic carbocycles. The first-order valence-corrected chi connectivity index (χ1v) is 8.52. The fourth-order valence-electron chi connectivity index (χ4n) is 3.10. The zero-order chi connectivity index (χ0) is 18.0. The van der Waals surface area contributed by atoms with Gasteiger partial charge in [-0.3, -0.25) is 0 Å². The molecule has 1 fully saturated rings. The van der Waals surface area contributed by atoms with Gasteiger partial charge >= 0.3 is 0 Å². The van der Waals surface area contributed by atoms with E-state index in [1.807, 2.05) is 36.4 Å². The summed E-state index contributed by atoms with van der Waals surface area (Å²) in [6.45, 7) is -0.452. The highest BCUT2D eigenvalue weighted by atomic mass is 35.5. The molecule has 6 heteroatoms. The molecule has 134 valence electrons. The van der Waals surface area contributed by atoms with E-state index in [4.69, 9.17) is 16.3 Å². The Hall–Kier alpha value is -1.47. The fraction of sp³-hybridized carbons (Fsp3) is 0.368. The van der Waals surface area contributed by atoms with E-state index in [2.05, 4.69) is 0 Å². The van der Waals surface area contributed by atoms with Crippen LogP contribution in [0.5, 0.6) is 0 Å². The highest BCUT2D eigenvalue weighted by Gasteiger charge is 2.43. The standard InChI is InChI=1S/C19H21ClO5/c20-14-7-6-12(9-13(14)8-11-4-2-1-3-5-11)19-18(24)17(23)16(22)15(10-21)25-19/h1-7,9,15-19,21-24H,8,10H2/t15-,16-,17+,18-,19+/m1/s1. The molecule has 5 atom stereocenters. The van der Waals surface area contributed by atoms with Crippen molar-refractivity contribution < 1.29 is 25.2 Å². The number of hydrogen-bond donors (Lipinski definition) is 4.